The van der Waals surface area contributed by atoms with Crippen molar-refractivity contribution in [3.63, 3.8) is 0 Å². The molecule has 1 aliphatic rings. The molecule has 4 heteroatoms. The molecule has 2 unspecified atom stereocenters. The van der Waals surface area contributed by atoms with E-state index in [0.29, 0.717) is 12.5 Å². The number of carbonyl (C=O) groups excluding carboxylic acids is 1. The van der Waals surface area contributed by atoms with E-state index >= 15 is 0 Å². The lowest BCUT2D eigenvalue weighted by molar-refractivity contribution is -0.133. The third-order valence-electron chi connectivity index (χ3n) is 3.58. The van der Waals surface area contributed by atoms with Gasteiger partial charge in [0.1, 0.15) is 0 Å². The third-order valence-corrected chi connectivity index (χ3v) is 3.58. The summed E-state index contributed by atoms with van der Waals surface area (Å²) in [6.45, 7) is 3.72. The highest BCUT2D eigenvalue weighted by molar-refractivity contribution is 5.82. The first-order valence-electron chi connectivity index (χ1n) is 6.55. The number of nitrogens with one attached hydrogen (secondary N) is 1. The van der Waals surface area contributed by atoms with Crippen LogP contribution in [0.1, 0.15) is 25.3 Å². The lowest BCUT2D eigenvalue weighted by Gasteiger charge is -2.24. The average molecular weight is 247 g/mol. The number of nitrogens with zero attached hydrogens (tertiary/aromatic N) is 2. The zero-order valence-electron chi connectivity index (χ0n) is 11.1. The van der Waals surface area contributed by atoms with Crippen LogP contribution in [0.4, 0.5) is 0 Å². The van der Waals surface area contributed by atoms with Crippen LogP contribution in [0.25, 0.3) is 0 Å². The number of carbonyl (C=O) groups is 1. The molecule has 0 aliphatic carbocycles. The minimum absolute atomic E-state index is 0.0424. The van der Waals surface area contributed by atoms with Crippen LogP contribution in [0, 0.1) is 5.92 Å². The Morgan fingerprint density at radius 2 is 2.39 bits per heavy atom. The first kappa shape index (κ1) is 13.0. The van der Waals surface area contributed by atoms with Crippen molar-refractivity contribution < 1.29 is 4.79 Å². The van der Waals surface area contributed by atoms with Gasteiger partial charge in [-0.05, 0) is 37.4 Å². The minimum atomic E-state index is -0.0424. The molecule has 2 rings (SSSR count). The van der Waals surface area contributed by atoms with Crippen LogP contribution >= 0.6 is 0 Å². The summed E-state index contributed by atoms with van der Waals surface area (Å²) in [6.07, 6.45) is 5.59. The molecule has 0 bridgehead atoms. The van der Waals surface area contributed by atoms with E-state index in [2.05, 4.69) is 17.2 Å². The Morgan fingerprint density at radius 1 is 1.56 bits per heavy atom. The number of likely N-dealkylation sites (tertiary alicyclic amines) is 1. The van der Waals surface area contributed by atoms with Crippen LogP contribution in [0.2, 0.25) is 0 Å². The molecule has 0 spiro atoms. The Morgan fingerprint density at radius 3 is 3.06 bits per heavy atom. The normalized spacial score (nSPS) is 25.0. The van der Waals surface area contributed by atoms with Crippen molar-refractivity contribution in [2.24, 2.45) is 5.92 Å². The van der Waals surface area contributed by atoms with E-state index in [4.69, 9.17) is 0 Å². The molecule has 2 heterocycles. The highest BCUT2D eigenvalue weighted by Gasteiger charge is 2.28. The second-order valence-electron chi connectivity index (χ2n) is 5.09. The maximum Gasteiger partial charge on any atom is 0.240 e. The molecular formula is C14H21N3O. The van der Waals surface area contributed by atoms with Gasteiger partial charge >= 0.3 is 0 Å². The van der Waals surface area contributed by atoms with Gasteiger partial charge in [0.15, 0.2) is 0 Å². The number of amides is 1. The molecule has 98 valence electrons. The summed E-state index contributed by atoms with van der Waals surface area (Å²) < 4.78 is 0. The van der Waals surface area contributed by atoms with Gasteiger partial charge in [0.05, 0.1) is 6.04 Å². The van der Waals surface area contributed by atoms with Crippen LogP contribution in [0.15, 0.2) is 24.5 Å². The topological polar surface area (TPSA) is 45.2 Å². The summed E-state index contributed by atoms with van der Waals surface area (Å²) >= 11 is 0. The summed E-state index contributed by atoms with van der Waals surface area (Å²) in [5.74, 6) is 0.802. The molecule has 1 aromatic rings. The molecule has 1 saturated heterocycles. The number of likely N-dealkylation sites (N-methyl/N-ethyl adjacent to an activating group) is 1. The summed E-state index contributed by atoms with van der Waals surface area (Å²) in [5, 5.41) is 3.13. The van der Waals surface area contributed by atoms with E-state index in [0.717, 1.165) is 24.9 Å². The quantitative estimate of drug-likeness (QED) is 0.879. The van der Waals surface area contributed by atoms with E-state index < -0.39 is 0 Å². The predicted molar refractivity (Wildman–Crippen MR) is 70.9 cm³/mol. The fourth-order valence-corrected chi connectivity index (χ4v) is 2.44. The number of hydrogen-bond donors (Lipinski definition) is 1. The highest BCUT2D eigenvalue weighted by atomic mass is 16.2. The molecule has 1 N–H and O–H groups in total. The second kappa shape index (κ2) is 5.96. The van der Waals surface area contributed by atoms with Gasteiger partial charge in [0, 0.05) is 25.5 Å². The lowest BCUT2D eigenvalue weighted by Crippen LogP contribution is -2.43. The molecule has 18 heavy (non-hydrogen) atoms. The van der Waals surface area contributed by atoms with Crippen molar-refractivity contribution in [1.82, 2.24) is 15.2 Å². The van der Waals surface area contributed by atoms with Crippen LogP contribution in [-0.4, -0.2) is 35.4 Å². The van der Waals surface area contributed by atoms with Crippen molar-refractivity contribution in [2.75, 3.05) is 13.6 Å². The molecule has 1 aromatic heterocycles. The third kappa shape index (κ3) is 3.07. The smallest absolute Gasteiger partial charge is 0.240 e. The Kier molecular flexibility index (Phi) is 4.31. The van der Waals surface area contributed by atoms with Gasteiger partial charge in [-0.15, -0.1) is 0 Å². The first-order valence-corrected chi connectivity index (χ1v) is 6.55. The van der Waals surface area contributed by atoms with E-state index in [1.807, 2.05) is 30.3 Å². The van der Waals surface area contributed by atoms with Gasteiger partial charge in [0.2, 0.25) is 5.91 Å². The molecule has 0 radical (unpaired) electrons. The Hall–Kier alpha value is -1.42. The van der Waals surface area contributed by atoms with Crippen molar-refractivity contribution >= 4 is 5.91 Å². The molecule has 4 nitrogen and oxygen atoms in total. The zero-order valence-corrected chi connectivity index (χ0v) is 11.1. The Balaban J connectivity index is 2.09. The average Bonchev–Trinajstić information content (AvgIpc) is 2.53. The lowest BCUT2D eigenvalue weighted by atomic mass is 10.0. The zero-order chi connectivity index (χ0) is 13.0. The maximum absolute atomic E-state index is 12.4. The van der Waals surface area contributed by atoms with Gasteiger partial charge in [-0.1, -0.05) is 13.0 Å². The molecule has 1 fully saturated rings. The van der Waals surface area contributed by atoms with Gasteiger partial charge in [0.25, 0.3) is 0 Å². The van der Waals surface area contributed by atoms with Crippen LogP contribution in [0.3, 0.4) is 0 Å². The monoisotopic (exact) mass is 247 g/mol. The number of aromatic nitrogens is 1. The Labute approximate surface area is 108 Å². The fourth-order valence-electron chi connectivity index (χ4n) is 2.44. The molecule has 1 aliphatic heterocycles. The van der Waals surface area contributed by atoms with Gasteiger partial charge in [-0.25, -0.2) is 0 Å². The van der Waals surface area contributed by atoms with Gasteiger partial charge in [-0.2, -0.15) is 0 Å². The second-order valence-corrected chi connectivity index (χ2v) is 5.09. The largest absolute Gasteiger partial charge is 0.337 e. The summed E-state index contributed by atoms with van der Waals surface area (Å²) in [5.41, 5.74) is 1.09. The number of rotatable bonds is 3. The SMILES string of the molecule is CNC1CC(C)CCN(Cc2cccnc2)C1=O. The maximum atomic E-state index is 12.4. The molecule has 0 aromatic carbocycles. The van der Waals surface area contributed by atoms with Gasteiger partial charge < -0.3 is 10.2 Å². The van der Waals surface area contributed by atoms with Crippen molar-refractivity contribution in [3.8, 4) is 0 Å². The number of pyridine rings is 1. The standard InChI is InChI=1S/C14H21N3O/c1-11-5-7-17(14(18)13(8-11)15-2)10-12-4-3-6-16-9-12/h3-4,6,9,11,13,15H,5,7-8,10H2,1-2H3. The van der Waals surface area contributed by atoms with Crippen molar-refractivity contribution in [3.05, 3.63) is 30.1 Å². The van der Waals surface area contributed by atoms with Crippen LogP contribution in [0.5, 0.6) is 0 Å². The highest BCUT2D eigenvalue weighted by Crippen LogP contribution is 2.19. The minimum Gasteiger partial charge on any atom is -0.337 e. The van der Waals surface area contributed by atoms with Crippen molar-refractivity contribution in [1.29, 1.82) is 0 Å². The van der Waals surface area contributed by atoms with Crippen LogP contribution < -0.4 is 5.32 Å². The molecule has 2 atom stereocenters. The van der Waals surface area contributed by atoms with Crippen molar-refractivity contribution in [2.45, 2.75) is 32.4 Å². The summed E-state index contributed by atoms with van der Waals surface area (Å²) in [7, 11) is 1.86. The summed E-state index contributed by atoms with van der Waals surface area (Å²) in [6, 6.07) is 3.89. The summed E-state index contributed by atoms with van der Waals surface area (Å²) in [4.78, 5) is 18.4. The predicted octanol–water partition coefficient (Wildman–Crippen LogP) is 1.43. The molecular weight excluding hydrogens is 226 g/mol. The fraction of sp³-hybridized carbons (Fsp3) is 0.571. The van der Waals surface area contributed by atoms with E-state index in [1.165, 1.54) is 0 Å². The van der Waals surface area contributed by atoms with Crippen LogP contribution in [-0.2, 0) is 11.3 Å². The van der Waals surface area contributed by atoms with E-state index in [-0.39, 0.29) is 11.9 Å². The van der Waals surface area contributed by atoms with E-state index in [9.17, 15) is 4.79 Å². The molecule has 0 saturated carbocycles. The van der Waals surface area contributed by atoms with E-state index in [1.54, 1.807) is 6.20 Å². The van der Waals surface area contributed by atoms with Gasteiger partial charge in [-0.3, -0.25) is 9.78 Å². The molecule has 1 amide bonds. The first-order chi connectivity index (χ1) is 8.70. The number of hydrogen-bond acceptors (Lipinski definition) is 3. The Bertz CT molecular complexity index is 393.